The molecule has 0 aliphatic rings. The Labute approximate surface area is 121 Å². The van der Waals surface area contributed by atoms with E-state index in [0.29, 0.717) is 11.4 Å². The van der Waals surface area contributed by atoms with Gasteiger partial charge in [-0.3, -0.25) is 4.79 Å². The Bertz CT molecular complexity index is 491. The summed E-state index contributed by atoms with van der Waals surface area (Å²) in [4.78, 5) is 23.1. The number of nitrogens with one attached hydrogen (secondary N) is 1. The minimum Gasteiger partial charge on any atom is -0.480 e. The fourth-order valence-electron chi connectivity index (χ4n) is 1.58. The Hall–Kier alpha value is -1.26. The standard InChI is InChI=1S/C13H15Cl2NO3/c1-3-7(2)11(13(18)19)16-12(17)9-5-4-8(14)6-10(9)15/h4-7,11H,3H2,1-2H3,(H,16,17)(H,18,19)/t7-,11+/m1/s1. The molecule has 1 rings (SSSR count). The Morgan fingerprint density at radius 2 is 2.00 bits per heavy atom. The molecule has 0 unspecified atom stereocenters. The molecule has 0 radical (unpaired) electrons. The van der Waals surface area contributed by atoms with Crippen LogP contribution in [0.15, 0.2) is 18.2 Å². The SMILES string of the molecule is CC[C@@H](C)[C@H](NC(=O)c1ccc(Cl)cc1Cl)C(=O)O. The van der Waals surface area contributed by atoms with E-state index in [1.165, 1.54) is 18.2 Å². The monoisotopic (exact) mass is 303 g/mol. The van der Waals surface area contributed by atoms with Gasteiger partial charge in [-0.05, 0) is 24.1 Å². The molecule has 0 heterocycles. The summed E-state index contributed by atoms with van der Waals surface area (Å²) in [5, 5.41) is 12.2. The average molecular weight is 304 g/mol. The van der Waals surface area contributed by atoms with Gasteiger partial charge in [-0.2, -0.15) is 0 Å². The lowest BCUT2D eigenvalue weighted by molar-refractivity contribution is -0.140. The topological polar surface area (TPSA) is 66.4 Å². The number of rotatable bonds is 5. The molecular weight excluding hydrogens is 289 g/mol. The lowest BCUT2D eigenvalue weighted by Crippen LogP contribution is -2.45. The lowest BCUT2D eigenvalue weighted by atomic mass is 9.99. The average Bonchev–Trinajstić information content (AvgIpc) is 2.34. The number of carboxylic acids is 1. The zero-order valence-corrected chi connectivity index (χ0v) is 12.1. The summed E-state index contributed by atoms with van der Waals surface area (Å²) in [6.07, 6.45) is 0.644. The van der Waals surface area contributed by atoms with Crippen LogP contribution in [-0.2, 0) is 4.79 Å². The number of aliphatic carboxylic acids is 1. The zero-order valence-electron chi connectivity index (χ0n) is 10.6. The van der Waals surface area contributed by atoms with Gasteiger partial charge in [-0.1, -0.05) is 43.5 Å². The molecule has 2 N–H and O–H groups in total. The van der Waals surface area contributed by atoms with Crippen molar-refractivity contribution >= 4 is 35.1 Å². The maximum absolute atomic E-state index is 12.0. The second-order valence-electron chi connectivity index (χ2n) is 4.30. The first-order valence-corrected chi connectivity index (χ1v) is 6.61. The zero-order chi connectivity index (χ0) is 14.6. The predicted octanol–water partition coefficient (Wildman–Crippen LogP) is 3.22. The van der Waals surface area contributed by atoms with E-state index >= 15 is 0 Å². The summed E-state index contributed by atoms with van der Waals surface area (Å²) >= 11 is 11.6. The summed E-state index contributed by atoms with van der Waals surface area (Å²) in [6.45, 7) is 3.63. The summed E-state index contributed by atoms with van der Waals surface area (Å²) < 4.78 is 0. The minimum absolute atomic E-state index is 0.174. The number of carbonyl (C=O) groups is 2. The van der Waals surface area contributed by atoms with E-state index in [9.17, 15) is 9.59 Å². The van der Waals surface area contributed by atoms with Gasteiger partial charge in [-0.25, -0.2) is 4.79 Å². The Morgan fingerprint density at radius 1 is 1.37 bits per heavy atom. The first kappa shape index (κ1) is 15.8. The molecule has 0 aliphatic heterocycles. The van der Waals surface area contributed by atoms with Crippen LogP contribution in [0.1, 0.15) is 30.6 Å². The highest BCUT2D eigenvalue weighted by molar-refractivity contribution is 6.36. The van der Waals surface area contributed by atoms with Crippen molar-refractivity contribution in [1.29, 1.82) is 0 Å². The fourth-order valence-corrected chi connectivity index (χ4v) is 2.07. The highest BCUT2D eigenvalue weighted by Gasteiger charge is 2.26. The quantitative estimate of drug-likeness (QED) is 0.877. The second kappa shape index (κ2) is 6.78. The van der Waals surface area contributed by atoms with E-state index in [2.05, 4.69) is 5.32 Å². The molecule has 0 aromatic heterocycles. The molecule has 4 nitrogen and oxygen atoms in total. The second-order valence-corrected chi connectivity index (χ2v) is 5.14. The summed E-state index contributed by atoms with van der Waals surface area (Å²) in [5.74, 6) is -1.75. The van der Waals surface area contributed by atoms with Gasteiger partial charge in [-0.15, -0.1) is 0 Å². The number of amides is 1. The summed E-state index contributed by atoms with van der Waals surface area (Å²) in [5.41, 5.74) is 0.209. The van der Waals surface area contributed by atoms with Crippen LogP contribution in [-0.4, -0.2) is 23.0 Å². The largest absolute Gasteiger partial charge is 0.480 e. The number of carbonyl (C=O) groups excluding carboxylic acids is 1. The number of benzene rings is 1. The van der Waals surface area contributed by atoms with Gasteiger partial charge in [0, 0.05) is 5.02 Å². The third kappa shape index (κ3) is 4.11. The number of carboxylic acid groups (broad SMARTS) is 1. The molecule has 0 aliphatic carbocycles. The Morgan fingerprint density at radius 3 is 2.47 bits per heavy atom. The van der Waals surface area contributed by atoms with Crippen molar-refractivity contribution in [2.75, 3.05) is 0 Å². The first-order valence-electron chi connectivity index (χ1n) is 5.85. The molecule has 2 atom stereocenters. The van der Waals surface area contributed by atoms with E-state index in [4.69, 9.17) is 28.3 Å². The van der Waals surface area contributed by atoms with E-state index in [1.54, 1.807) is 6.92 Å². The molecule has 1 aromatic carbocycles. The normalized spacial score (nSPS) is 13.7. The Kier molecular flexibility index (Phi) is 5.63. The fraction of sp³-hybridized carbons (Fsp3) is 0.385. The Balaban J connectivity index is 2.91. The summed E-state index contributed by atoms with van der Waals surface area (Å²) in [6, 6.07) is 3.50. The van der Waals surface area contributed by atoms with Crippen molar-refractivity contribution < 1.29 is 14.7 Å². The minimum atomic E-state index is -1.06. The number of hydrogen-bond donors (Lipinski definition) is 2. The van der Waals surface area contributed by atoms with Crippen LogP contribution in [0.25, 0.3) is 0 Å². The molecule has 0 saturated heterocycles. The third-order valence-corrected chi connectivity index (χ3v) is 3.49. The van der Waals surface area contributed by atoms with Crippen molar-refractivity contribution in [2.45, 2.75) is 26.3 Å². The molecule has 0 fully saturated rings. The van der Waals surface area contributed by atoms with Crippen LogP contribution in [0, 0.1) is 5.92 Å². The molecule has 1 aromatic rings. The van der Waals surface area contributed by atoms with Gasteiger partial charge in [0.1, 0.15) is 6.04 Å². The van der Waals surface area contributed by atoms with Gasteiger partial charge < -0.3 is 10.4 Å². The maximum atomic E-state index is 12.0. The van der Waals surface area contributed by atoms with Crippen molar-refractivity contribution in [1.82, 2.24) is 5.32 Å². The van der Waals surface area contributed by atoms with Crippen LogP contribution in [0.2, 0.25) is 10.0 Å². The van der Waals surface area contributed by atoms with Crippen molar-refractivity contribution in [3.8, 4) is 0 Å². The van der Waals surface area contributed by atoms with E-state index < -0.39 is 17.9 Å². The van der Waals surface area contributed by atoms with Crippen LogP contribution in [0.5, 0.6) is 0 Å². The van der Waals surface area contributed by atoms with Gasteiger partial charge >= 0.3 is 5.97 Å². The van der Waals surface area contributed by atoms with Crippen LogP contribution < -0.4 is 5.32 Å². The molecular formula is C13H15Cl2NO3. The smallest absolute Gasteiger partial charge is 0.326 e. The number of halogens is 2. The molecule has 6 heteroatoms. The number of hydrogen-bond acceptors (Lipinski definition) is 2. The third-order valence-electron chi connectivity index (χ3n) is 2.94. The summed E-state index contributed by atoms with van der Waals surface area (Å²) in [7, 11) is 0. The van der Waals surface area contributed by atoms with Crippen LogP contribution >= 0.6 is 23.2 Å². The highest BCUT2D eigenvalue weighted by atomic mass is 35.5. The van der Waals surface area contributed by atoms with Gasteiger partial charge in [0.2, 0.25) is 0 Å². The molecule has 0 bridgehead atoms. The molecule has 104 valence electrons. The predicted molar refractivity (Wildman–Crippen MR) is 74.8 cm³/mol. The van der Waals surface area contributed by atoms with Crippen molar-refractivity contribution in [2.24, 2.45) is 5.92 Å². The molecule has 19 heavy (non-hydrogen) atoms. The highest BCUT2D eigenvalue weighted by Crippen LogP contribution is 2.21. The van der Waals surface area contributed by atoms with E-state index in [0.717, 1.165) is 0 Å². The van der Waals surface area contributed by atoms with Gasteiger partial charge in [0.05, 0.1) is 10.6 Å². The van der Waals surface area contributed by atoms with Crippen molar-refractivity contribution in [3.63, 3.8) is 0 Å². The van der Waals surface area contributed by atoms with E-state index in [1.807, 2.05) is 6.92 Å². The maximum Gasteiger partial charge on any atom is 0.326 e. The van der Waals surface area contributed by atoms with Crippen LogP contribution in [0.4, 0.5) is 0 Å². The first-order chi connectivity index (χ1) is 8.86. The van der Waals surface area contributed by atoms with E-state index in [-0.39, 0.29) is 16.5 Å². The van der Waals surface area contributed by atoms with Gasteiger partial charge in [0.25, 0.3) is 5.91 Å². The molecule has 1 amide bonds. The lowest BCUT2D eigenvalue weighted by Gasteiger charge is -2.20. The van der Waals surface area contributed by atoms with Crippen molar-refractivity contribution in [3.05, 3.63) is 33.8 Å². The molecule has 0 spiro atoms. The molecule has 0 saturated carbocycles. The van der Waals surface area contributed by atoms with Crippen LogP contribution in [0.3, 0.4) is 0 Å². The van der Waals surface area contributed by atoms with Gasteiger partial charge in [0.15, 0.2) is 0 Å².